The van der Waals surface area contributed by atoms with Gasteiger partial charge in [-0.05, 0) is 35.9 Å². The third kappa shape index (κ3) is 4.20. The van der Waals surface area contributed by atoms with E-state index in [1.807, 2.05) is 102 Å². The number of para-hydroxylation sites is 1. The molecule has 5 aromatic rings. The Morgan fingerprint density at radius 3 is 2.41 bits per heavy atom. The third-order valence-corrected chi connectivity index (χ3v) is 5.12. The van der Waals surface area contributed by atoms with Crippen LogP contribution in [0.5, 0.6) is 0 Å². The van der Waals surface area contributed by atoms with Crippen LogP contribution in [0.15, 0.2) is 110 Å². The Morgan fingerprint density at radius 2 is 1.66 bits per heavy atom. The van der Waals surface area contributed by atoms with Gasteiger partial charge in [0.2, 0.25) is 0 Å². The van der Waals surface area contributed by atoms with E-state index in [-0.39, 0.29) is 5.91 Å². The van der Waals surface area contributed by atoms with Crippen molar-refractivity contribution in [2.24, 2.45) is 0 Å². The SMILES string of the molecule is O=C(Nc1cccc(Cn2cccn2)c1)c1cn(-c2ccccc2)nc1-c1ccccc1. The van der Waals surface area contributed by atoms with Crippen LogP contribution in [0.4, 0.5) is 5.69 Å². The van der Waals surface area contributed by atoms with Crippen LogP contribution in [0.3, 0.4) is 0 Å². The third-order valence-electron chi connectivity index (χ3n) is 5.12. The van der Waals surface area contributed by atoms with Crippen molar-refractivity contribution < 1.29 is 4.79 Å². The minimum atomic E-state index is -0.206. The Hall–Kier alpha value is -4.45. The standard InChI is InChI=1S/C26H21N5O/c32-26(28-22-12-7-9-20(17-22)18-30-16-8-15-27-30)24-19-31(23-13-5-2-6-14-23)29-25(24)21-10-3-1-4-11-21/h1-17,19H,18H2,(H,28,32). The Labute approximate surface area is 185 Å². The first-order valence-electron chi connectivity index (χ1n) is 10.3. The first-order valence-corrected chi connectivity index (χ1v) is 10.3. The van der Waals surface area contributed by atoms with Crippen LogP contribution in [0.25, 0.3) is 16.9 Å². The molecule has 0 aliphatic rings. The molecule has 0 aliphatic heterocycles. The molecule has 0 spiro atoms. The van der Waals surface area contributed by atoms with Gasteiger partial charge in [0.1, 0.15) is 5.69 Å². The van der Waals surface area contributed by atoms with E-state index >= 15 is 0 Å². The van der Waals surface area contributed by atoms with Crippen molar-refractivity contribution in [1.29, 1.82) is 0 Å². The average Bonchev–Trinajstić information content (AvgIpc) is 3.51. The van der Waals surface area contributed by atoms with Crippen LogP contribution in [0.2, 0.25) is 0 Å². The number of carbonyl (C=O) groups excluding carboxylic acids is 1. The summed E-state index contributed by atoms with van der Waals surface area (Å²) in [4.78, 5) is 13.3. The summed E-state index contributed by atoms with van der Waals surface area (Å²) in [6.07, 6.45) is 5.44. The second-order valence-electron chi connectivity index (χ2n) is 7.40. The molecule has 3 aromatic carbocycles. The summed E-state index contributed by atoms with van der Waals surface area (Å²) in [6, 6.07) is 29.2. The van der Waals surface area contributed by atoms with Crippen molar-refractivity contribution in [3.05, 3.63) is 121 Å². The molecule has 0 saturated heterocycles. The van der Waals surface area contributed by atoms with Gasteiger partial charge < -0.3 is 5.32 Å². The lowest BCUT2D eigenvalue weighted by atomic mass is 10.1. The molecule has 0 bridgehead atoms. The molecular weight excluding hydrogens is 398 g/mol. The Kier molecular flexibility index (Phi) is 5.32. The lowest BCUT2D eigenvalue weighted by Gasteiger charge is -2.08. The number of nitrogens with one attached hydrogen (secondary N) is 1. The highest BCUT2D eigenvalue weighted by atomic mass is 16.1. The van der Waals surface area contributed by atoms with Crippen LogP contribution in [0, 0.1) is 0 Å². The fraction of sp³-hybridized carbons (Fsp3) is 0.0385. The van der Waals surface area contributed by atoms with E-state index in [0.717, 1.165) is 22.5 Å². The first-order chi connectivity index (χ1) is 15.8. The maximum Gasteiger partial charge on any atom is 0.259 e. The predicted molar refractivity (Wildman–Crippen MR) is 125 cm³/mol. The number of benzene rings is 3. The minimum absolute atomic E-state index is 0.206. The molecule has 0 atom stereocenters. The zero-order chi connectivity index (χ0) is 21.8. The highest BCUT2D eigenvalue weighted by Gasteiger charge is 2.19. The van der Waals surface area contributed by atoms with Gasteiger partial charge in [-0.15, -0.1) is 0 Å². The molecular formula is C26H21N5O. The van der Waals surface area contributed by atoms with Crippen LogP contribution in [-0.4, -0.2) is 25.5 Å². The molecule has 5 rings (SSSR count). The van der Waals surface area contributed by atoms with Crippen molar-refractivity contribution in [2.75, 3.05) is 5.32 Å². The molecule has 0 saturated carbocycles. The number of nitrogens with zero attached hydrogens (tertiary/aromatic N) is 4. The monoisotopic (exact) mass is 419 g/mol. The molecule has 0 fully saturated rings. The average molecular weight is 419 g/mol. The fourth-order valence-corrected chi connectivity index (χ4v) is 3.59. The smallest absolute Gasteiger partial charge is 0.259 e. The van der Waals surface area contributed by atoms with Crippen molar-refractivity contribution in [3.8, 4) is 16.9 Å². The maximum atomic E-state index is 13.3. The highest BCUT2D eigenvalue weighted by Crippen LogP contribution is 2.25. The number of hydrogen-bond acceptors (Lipinski definition) is 3. The lowest BCUT2D eigenvalue weighted by molar-refractivity contribution is 0.102. The van der Waals surface area contributed by atoms with E-state index in [4.69, 9.17) is 5.10 Å². The summed E-state index contributed by atoms with van der Waals surface area (Å²) in [5.74, 6) is -0.206. The Morgan fingerprint density at radius 1 is 0.875 bits per heavy atom. The molecule has 32 heavy (non-hydrogen) atoms. The van der Waals surface area contributed by atoms with Crippen LogP contribution >= 0.6 is 0 Å². The molecule has 0 aliphatic carbocycles. The number of hydrogen-bond donors (Lipinski definition) is 1. The molecule has 2 heterocycles. The van der Waals surface area contributed by atoms with Gasteiger partial charge in [-0.2, -0.15) is 10.2 Å². The summed E-state index contributed by atoms with van der Waals surface area (Å²) in [5.41, 5.74) is 4.71. The molecule has 156 valence electrons. The first kappa shape index (κ1) is 19.5. The molecule has 6 nitrogen and oxygen atoms in total. The van der Waals surface area contributed by atoms with Gasteiger partial charge in [-0.3, -0.25) is 9.48 Å². The summed E-state index contributed by atoms with van der Waals surface area (Å²) in [7, 11) is 0. The highest BCUT2D eigenvalue weighted by molar-refractivity contribution is 6.08. The van der Waals surface area contributed by atoms with Crippen LogP contribution < -0.4 is 5.32 Å². The normalized spacial score (nSPS) is 10.8. The van der Waals surface area contributed by atoms with Crippen LogP contribution in [0.1, 0.15) is 15.9 Å². The number of anilines is 1. The minimum Gasteiger partial charge on any atom is -0.322 e. The zero-order valence-electron chi connectivity index (χ0n) is 17.3. The van der Waals surface area contributed by atoms with Crippen molar-refractivity contribution >= 4 is 11.6 Å². The van der Waals surface area contributed by atoms with Gasteiger partial charge in [0.05, 0.1) is 17.8 Å². The number of amides is 1. The van der Waals surface area contributed by atoms with Gasteiger partial charge in [-0.25, -0.2) is 4.68 Å². The van der Waals surface area contributed by atoms with E-state index in [1.54, 1.807) is 17.1 Å². The molecule has 1 amide bonds. The molecule has 1 N–H and O–H groups in total. The Balaban J connectivity index is 1.46. The predicted octanol–water partition coefficient (Wildman–Crippen LogP) is 5.04. The quantitative estimate of drug-likeness (QED) is 0.420. The van der Waals surface area contributed by atoms with E-state index < -0.39 is 0 Å². The van der Waals surface area contributed by atoms with E-state index in [2.05, 4.69) is 10.4 Å². The topological polar surface area (TPSA) is 64.7 Å². The van der Waals surface area contributed by atoms with E-state index in [1.165, 1.54) is 0 Å². The summed E-state index contributed by atoms with van der Waals surface area (Å²) < 4.78 is 3.59. The van der Waals surface area contributed by atoms with Crippen LogP contribution in [-0.2, 0) is 6.54 Å². The molecule has 0 unspecified atom stereocenters. The second-order valence-corrected chi connectivity index (χ2v) is 7.40. The van der Waals surface area contributed by atoms with Gasteiger partial charge in [0.15, 0.2) is 0 Å². The summed E-state index contributed by atoms with van der Waals surface area (Å²) in [5, 5.41) is 12.0. The summed E-state index contributed by atoms with van der Waals surface area (Å²) in [6.45, 7) is 0.637. The largest absolute Gasteiger partial charge is 0.322 e. The number of rotatable bonds is 6. The van der Waals surface area contributed by atoms with Gasteiger partial charge >= 0.3 is 0 Å². The van der Waals surface area contributed by atoms with Crippen molar-refractivity contribution in [2.45, 2.75) is 6.54 Å². The lowest BCUT2D eigenvalue weighted by Crippen LogP contribution is -2.12. The fourth-order valence-electron chi connectivity index (χ4n) is 3.59. The molecule has 0 radical (unpaired) electrons. The van der Waals surface area contributed by atoms with E-state index in [0.29, 0.717) is 17.8 Å². The number of aromatic nitrogens is 4. The van der Waals surface area contributed by atoms with E-state index in [9.17, 15) is 4.79 Å². The Bertz CT molecular complexity index is 1330. The summed E-state index contributed by atoms with van der Waals surface area (Å²) >= 11 is 0. The number of carbonyl (C=O) groups is 1. The molecule has 2 aromatic heterocycles. The van der Waals surface area contributed by atoms with Crippen molar-refractivity contribution in [1.82, 2.24) is 19.6 Å². The van der Waals surface area contributed by atoms with Crippen molar-refractivity contribution in [3.63, 3.8) is 0 Å². The second kappa shape index (κ2) is 8.73. The zero-order valence-corrected chi connectivity index (χ0v) is 17.3. The van der Waals surface area contributed by atoms with Gasteiger partial charge in [-0.1, -0.05) is 60.7 Å². The van der Waals surface area contributed by atoms with Gasteiger partial charge in [0.25, 0.3) is 5.91 Å². The maximum absolute atomic E-state index is 13.3. The molecule has 6 heteroatoms. The van der Waals surface area contributed by atoms with Gasteiger partial charge in [0, 0.05) is 29.8 Å².